The molecule has 0 spiro atoms. The maximum Gasteiger partial charge on any atom is 0.103 e. The summed E-state index contributed by atoms with van der Waals surface area (Å²) in [4.78, 5) is 4.44. The minimum absolute atomic E-state index is 0.283. The lowest BCUT2D eigenvalue weighted by molar-refractivity contribution is -0.134. The van der Waals surface area contributed by atoms with Crippen molar-refractivity contribution >= 4 is 5.71 Å². The number of hydrogen-bond donors (Lipinski definition) is 2. The summed E-state index contributed by atoms with van der Waals surface area (Å²) in [7, 11) is 0. The monoisotopic (exact) mass is 210 g/mol. The molecule has 3 saturated carbocycles. The van der Waals surface area contributed by atoms with Gasteiger partial charge >= 0.3 is 0 Å². The topological polar surface area (TPSA) is 58.6 Å². The van der Waals surface area contributed by atoms with E-state index in [2.05, 4.69) is 18.8 Å². The van der Waals surface area contributed by atoms with E-state index in [1.54, 1.807) is 0 Å². The Kier molecular flexibility index (Phi) is 2.43. The molecular formula is C12H22N2O. The summed E-state index contributed by atoms with van der Waals surface area (Å²) in [5, 5.41) is 10.5. The van der Waals surface area contributed by atoms with Crippen molar-refractivity contribution in [2.75, 3.05) is 13.1 Å². The molecule has 3 heteroatoms. The molecule has 3 nitrogen and oxygen atoms in total. The summed E-state index contributed by atoms with van der Waals surface area (Å²) in [6.07, 6.45) is 2.11. The molecule has 3 aliphatic rings. The van der Waals surface area contributed by atoms with Crippen LogP contribution in [0.2, 0.25) is 0 Å². The largest absolute Gasteiger partial charge is 0.384 e. The molecule has 0 heterocycles. The lowest BCUT2D eigenvalue weighted by Crippen LogP contribution is -2.64. The second kappa shape index (κ2) is 3.29. The number of hydrogen-bond acceptors (Lipinski definition) is 3. The third-order valence-corrected chi connectivity index (χ3v) is 4.60. The van der Waals surface area contributed by atoms with Crippen molar-refractivity contribution in [1.29, 1.82) is 0 Å². The molecule has 0 amide bonds. The minimum atomic E-state index is -0.701. The third kappa shape index (κ3) is 1.44. The summed E-state index contributed by atoms with van der Waals surface area (Å²) < 4.78 is 0. The predicted octanol–water partition coefficient (Wildman–Crippen LogP) is 1.20. The molecule has 3 aliphatic carbocycles. The molecule has 3 atom stereocenters. The molecule has 0 saturated heterocycles. The fraction of sp³-hybridized carbons (Fsp3) is 0.917. The molecule has 86 valence electrons. The number of aliphatic imine (C=N–C) groups is 1. The maximum absolute atomic E-state index is 10.5. The Hall–Kier alpha value is -0.410. The Morgan fingerprint density at radius 2 is 2.13 bits per heavy atom. The number of aliphatic hydroxyl groups is 1. The SMILES string of the molecule is CC1(C)[C@@H]2CC(=NCCN)[C@@](C)(O)[C@H]1C2. The highest BCUT2D eigenvalue weighted by molar-refractivity contribution is 5.94. The highest BCUT2D eigenvalue weighted by Crippen LogP contribution is 2.61. The van der Waals surface area contributed by atoms with Gasteiger partial charge in [-0.2, -0.15) is 0 Å². The van der Waals surface area contributed by atoms with E-state index >= 15 is 0 Å². The quantitative estimate of drug-likeness (QED) is 0.719. The van der Waals surface area contributed by atoms with E-state index in [1.807, 2.05) is 6.92 Å². The Bertz CT molecular complexity index is 294. The van der Waals surface area contributed by atoms with Gasteiger partial charge < -0.3 is 10.8 Å². The maximum atomic E-state index is 10.5. The van der Waals surface area contributed by atoms with Crippen LogP contribution in [0.1, 0.15) is 33.6 Å². The van der Waals surface area contributed by atoms with E-state index in [1.165, 1.54) is 0 Å². The molecule has 0 aromatic rings. The van der Waals surface area contributed by atoms with Gasteiger partial charge in [-0.3, -0.25) is 4.99 Å². The second-order valence-corrected chi connectivity index (χ2v) is 5.78. The zero-order valence-corrected chi connectivity index (χ0v) is 9.95. The molecule has 3 N–H and O–H groups in total. The van der Waals surface area contributed by atoms with Crippen molar-refractivity contribution in [1.82, 2.24) is 0 Å². The van der Waals surface area contributed by atoms with Crippen LogP contribution in [0.25, 0.3) is 0 Å². The number of nitrogens with zero attached hydrogens (tertiary/aromatic N) is 1. The van der Waals surface area contributed by atoms with Crippen molar-refractivity contribution in [3.8, 4) is 0 Å². The third-order valence-electron chi connectivity index (χ3n) is 4.60. The van der Waals surface area contributed by atoms with Crippen LogP contribution in [-0.4, -0.2) is 29.5 Å². The van der Waals surface area contributed by atoms with E-state index in [4.69, 9.17) is 5.73 Å². The van der Waals surface area contributed by atoms with Crippen LogP contribution in [0.4, 0.5) is 0 Å². The first-order chi connectivity index (χ1) is 6.90. The molecular weight excluding hydrogens is 188 g/mol. The van der Waals surface area contributed by atoms with Crippen LogP contribution < -0.4 is 5.73 Å². The van der Waals surface area contributed by atoms with Gasteiger partial charge in [0.15, 0.2) is 0 Å². The standard InChI is InChI=1S/C12H22N2O/c1-11(2)8-6-9(11)12(3,15)10(7-8)14-5-4-13/h8-9,15H,4-7,13H2,1-3H3/t8-,9-,12-/m0/s1. The lowest BCUT2D eigenvalue weighted by atomic mass is 9.44. The van der Waals surface area contributed by atoms with E-state index in [9.17, 15) is 5.11 Å². The molecule has 3 rings (SSSR count). The van der Waals surface area contributed by atoms with Crippen LogP contribution in [0.3, 0.4) is 0 Å². The summed E-state index contributed by atoms with van der Waals surface area (Å²) >= 11 is 0. The van der Waals surface area contributed by atoms with Crippen LogP contribution in [0, 0.1) is 17.3 Å². The van der Waals surface area contributed by atoms with Crippen LogP contribution >= 0.6 is 0 Å². The summed E-state index contributed by atoms with van der Waals surface area (Å²) in [6, 6.07) is 0. The number of nitrogens with two attached hydrogens (primary N) is 1. The Balaban J connectivity index is 2.21. The van der Waals surface area contributed by atoms with E-state index < -0.39 is 5.60 Å². The zero-order chi connectivity index (χ0) is 11.3. The van der Waals surface area contributed by atoms with Crippen molar-refractivity contribution in [2.24, 2.45) is 28.0 Å². The highest BCUT2D eigenvalue weighted by atomic mass is 16.3. The average Bonchev–Trinajstić information content (AvgIpc) is 2.14. The first-order valence-corrected chi connectivity index (χ1v) is 5.87. The second-order valence-electron chi connectivity index (χ2n) is 5.78. The number of rotatable bonds is 2. The average molecular weight is 210 g/mol. The highest BCUT2D eigenvalue weighted by Gasteiger charge is 2.61. The van der Waals surface area contributed by atoms with Gasteiger partial charge in [0.25, 0.3) is 0 Å². The van der Waals surface area contributed by atoms with Crippen LogP contribution in [0.5, 0.6) is 0 Å². The van der Waals surface area contributed by atoms with Gasteiger partial charge in [-0.25, -0.2) is 0 Å². The first-order valence-electron chi connectivity index (χ1n) is 5.87. The van der Waals surface area contributed by atoms with Crippen LogP contribution in [-0.2, 0) is 0 Å². The normalized spacial score (nSPS) is 45.3. The number of fused-ring (bicyclic) bond motifs is 2. The molecule has 0 aromatic heterocycles. The fourth-order valence-electron chi connectivity index (χ4n) is 3.38. The molecule has 3 fully saturated rings. The van der Waals surface area contributed by atoms with Gasteiger partial charge in [-0.05, 0) is 37.0 Å². The summed E-state index contributed by atoms with van der Waals surface area (Å²) in [6.45, 7) is 7.66. The molecule has 2 bridgehead atoms. The molecule has 0 aromatic carbocycles. The molecule has 0 unspecified atom stereocenters. The smallest absolute Gasteiger partial charge is 0.103 e. The molecule has 0 radical (unpaired) electrons. The fourth-order valence-corrected chi connectivity index (χ4v) is 3.38. The van der Waals surface area contributed by atoms with Crippen molar-refractivity contribution in [3.05, 3.63) is 0 Å². The first kappa shape index (κ1) is 11.1. The molecule has 15 heavy (non-hydrogen) atoms. The Morgan fingerprint density at radius 3 is 2.60 bits per heavy atom. The van der Waals surface area contributed by atoms with Gasteiger partial charge in [0.1, 0.15) is 5.60 Å². The van der Waals surface area contributed by atoms with Crippen molar-refractivity contribution < 1.29 is 5.11 Å². The Labute approximate surface area is 91.8 Å². The van der Waals surface area contributed by atoms with E-state index in [0.29, 0.717) is 24.9 Å². The molecule has 0 aliphatic heterocycles. The van der Waals surface area contributed by atoms with Crippen molar-refractivity contribution in [3.63, 3.8) is 0 Å². The summed E-state index contributed by atoms with van der Waals surface area (Å²) in [5.41, 5.74) is 6.01. The van der Waals surface area contributed by atoms with Gasteiger partial charge in [-0.1, -0.05) is 13.8 Å². The lowest BCUT2D eigenvalue weighted by Gasteiger charge is -2.62. The van der Waals surface area contributed by atoms with Gasteiger partial charge in [-0.15, -0.1) is 0 Å². The summed E-state index contributed by atoms with van der Waals surface area (Å²) in [5.74, 6) is 1.08. The van der Waals surface area contributed by atoms with Gasteiger partial charge in [0, 0.05) is 12.3 Å². The minimum Gasteiger partial charge on any atom is -0.384 e. The van der Waals surface area contributed by atoms with Crippen LogP contribution in [0.15, 0.2) is 4.99 Å². The Morgan fingerprint density at radius 1 is 1.47 bits per heavy atom. The zero-order valence-electron chi connectivity index (χ0n) is 9.95. The van der Waals surface area contributed by atoms with Gasteiger partial charge in [0.05, 0.1) is 6.54 Å². The van der Waals surface area contributed by atoms with Gasteiger partial charge in [0.2, 0.25) is 0 Å². The van der Waals surface area contributed by atoms with E-state index in [-0.39, 0.29) is 5.41 Å². The predicted molar refractivity (Wildman–Crippen MR) is 62.0 cm³/mol. The van der Waals surface area contributed by atoms with E-state index in [0.717, 1.165) is 18.6 Å². The van der Waals surface area contributed by atoms with Crippen molar-refractivity contribution in [2.45, 2.75) is 39.2 Å².